The summed E-state index contributed by atoms with van der Waals surface area (Å²) in [5.74, 6) is 0. The van der Waals surface area contributed by atoms with Crippen LogP contribution in [0.2, 0.25) is 0 Å². The highest BCUT2D eigenvalue weighted by molar-refractivity contribution is 7.09. The van der Waals surface area contributed by atoms with Gasteiger partial charge in [0.25, 0.3) is 0 Å². The Morgan fingerprint density at radius 1 is 1.47 bits per heavy atom. The summed E-state index contributed by atoms with van der Waals surface area (Å²) < 4.78 is 10.8. The summed E-state index contributed by atoms with van der Waals surface area (Å²) in [6, 6.07) is 0. The topological polar surface area (TPSA) is 31.4 Å². The van der Waals surface area contributed by atoms with Crippen molar-refractivity contribution >= 4 is 19.7 Å². The van der Waals surface area contributed by atoms with E-state index in [4.69, 9.17) is 9.47 Å². The first kappa shape index (κ1) is 14.6. The molecule has 15 heavy (non-hydrogen) atoms. The monoisotopic (exact) mass is 229 g/mol. The highest BCUT2D eigenvalue weighted by Gasteiger charge is 2.10. The highest BCUT2D eigenvalue weighted by Crippen LogP contribution is 2.23. The number of aromatic nitrogens is 1. The van der Waals surface area contributed by atoms with Gasteiger partial charge in [-0.2, -0.15) is 0 Å². The summed E-state index contributed by atoms with van der Waals surface area (Å²) in [6.07, 6.45) is 0.128. The van der Waals surface area contributed by atoms with Crippen LogP contribution < -0.4 is 0 Å². The van der Waals surface area contributed by atoms with Gasteiger partial charge in [-0.1, -0.05) is 0 Å². The van der Waals surface area contributed by atoms with Crippen LogP contribution in [0.1, 0.15) is 30.5 Å². The van der Waals surface area contributed by atoms with E-state index in [9.17, 15) is 0 Å². The first-order chi connectivity index (χ1) is 6.75. The second-order valence-electron chi connectivity index (χ2n) is 3.01. The fraction of sp³-hybridized carbons (Fsp3) is 0.700. The van der Waals surface area contributed by atoms with Crippen LogP contribution in [0, 0.1) is 6.92 Å². The van der Waals surface area contributed by atoms with Gasteiger partial charge in [0, 0.05) is 6.61 Å². The van der Waals surface area contributed by atoms with E-state index in [0.29, 0.717) is 13.2 Å². The number of rotatable bonds is 6. The average molecular weight is 229 g/mol. The number of hydrogen-bond acceptors (Lipinski definition) is 4. The molecule has 86 valence electrons. The lowest BCUT2D eigenvalue weighted by atomic mass is 10.3. The smallest absolute Gasteiger partial charge is 0.0908 e. The molecule has 0 aliphatic rings. The van der Waals surface area contributed by atoms with Crippen molar-refractivity contribution in [3.63, 3.8) is 0 Å². The largest absolute Gasteiger partial charge is 0.379 e. The second-order valence-corrected chi connectivity index (χ2v) is 3.90. The molecular formula is C10H20BNO2S. The third-order valence-corrected chi connectivity index (χ3v) is 3.04. The Balaban J connectivity index is 0.00000196. The van der Waals surface area contributed by atoms with E-state index in [-0.39, 0.29) is 14.5 Å². The molecule has 0 saturated heterocycles. The van der Waals surface area contributed by atoms with Gasteiger partial charge in [-0.15, -0.1) is 11.3 Å². The zero-order valence-electron chi connectivity index (χ0n) is 8.95. The van der Waals surface area contributed by atoms with Crippen molar-refractivity contribution < 1.29 is 9.47 Å². The van der Waals surface area contributed by atoms with Crippen LogP contribution in [0.4, 0.5) is 0 Å². The molecular weight excluding hydrogens is 209 g/mol. The first-order valence-corrected chi connectivity index (χ1v) is 5.73. The molecule has 0 aromatic carbocycles. The Bertz CT molecular complexity index is 268. The standard InChI is InChI=1S/C10H17NO2S.BH3/c1-4-12-5-6-13-9(3)10-8(2)11-7-14-10;/h7,9H,4-6H2,1-3H3;1H3. The van der Waals surface area contributed by atoms with Crippen LogP contribution in [0.5, 0.6) is 0 Å². The molecule has 0 saturated carbocycles. The van der Waals surface area contributed by atoms with Gasteiger partial charge in [0.1, 0.15) is 0 Å². The third kappa shape index (κ3) is 4.77. The van der Waals surface area contributed by atoms with E-state index >= 15 is 0 Å². The molecule has 0 bridgehead atoms. The van der Waals surface area contributed by atoms with E-state index in [1.54, 1.807) is 11.3 Å². The van der Waals surface area contributed by atoms with Crippen molar-refractivity contribution in [2.75, 3.05) is 19.8 Å². The van der Waals surface area contributed by atoms with Gasteiger partial charge in [0.2, 0.25) is 0 Å². The van der Waals surface area contributed by atoms with Gasteiger partial charge in [-0.3, -0.25) is 0 Å². The summed E-state index contributed by atoms with van der Waals surface area (Å²) in [4.78, 5) is 5.40. The predicted octanol–water partition coefficient (Wildman–Crippen LogP) is 1.38. The molecule has 0 fully saturated rings. The van der Waals surface area contributed by atoms with Crippen LogP contribution in [0.3, 0.4) is 0 Å². The quantitative estimate of drug-likeness (QED) is 0.545. The lowest BCUT2D eigenvalue weighted by molar-refractivity contribution is 0.0157. The van der Waals surface area contributed by atoms with E-state index in [0.717, 1.165) is 12.3 Å². The van der Waals surface area contributed by atoms with Crippen molar-refractivity contribution in [3.8, 4) is 0 Å². The molecule has 1 aromatic heterocycles. The molecule has 0 aliphatic carbocycles. The summed E-state index contributed by atoms with van der Waals surface area (Å²) in [5.41, 5.74) is 2.92. The zero-order chi connectivity index (χ0) is 10.4. The van der Waals surface area contributed by atoms with Crippen molar-refractivity contribution in [3.05, 3.63) is 16.1 Å². The molecule has 5 heteroatoms. The third-order valence-electron chi connectivity index (χ3n) is 1.95. The minimum atomic E-state index is 0. The summed E-state index contributed by atoms with van der Waals surface area (Å²) in [6.45, 7) is 8.10. The molecule has 0 spiro atoms. The SMILES string of the molecule is B.CCOCCOC(C)c1scnc1C. The average Bonchev–Trinajstić information content (AvgIpc) is 2.59. The molecule has 0 aliphatic heterocycles. The normalized spacial score (nSPS) is 12.2. The van der Waals surface area contributed by atoms with Crippen LogP contribution in [-0.2, 0) is 9.47 Å². The Labute approximate surface area is 97.4 Å². The Morgan fingerprint density at radius 3 is 2.73 bits per heavy atom. The number of nitrogens with zero attached hydrogens (tertiary/aromatic N) is 1. The fourth-order valence-electron chi connectivity index (χ4n) is 1.20. The lowest BCUT2D eigenvalue weighted by Gasteiger charge is -2.11. The van der Waals surface area contributed by atoms with Crippen LogP contribution in [-0.4, -0.2) is 33.2 Å². The predicted molar refractivity (Wildman–Crippen MR) is 67.7 cm³/mol. The molecule has 1 rings (SSSR count). The van der Waals surface area contributed by atoms with Gasteiger partial charge in [0.15, 0.2) is 0 Å². The molecule has 0 N–H and O–H groups in total. The van der Waals surface area contributed by atoms with Gasteiger partial charge in [-0.05, 0) is 20.8 Å². The Kier molecular flexibility index (Phi) is 7.65. The minimum absolute atomic E-state index is 0. The van der Waals surface area contributed by atoms with Gasteiger partial charge in [-0.25, -0.2) is 4.98 Å². The van der Waals surface area contributed by atoms with Crippen LogP contribution in [0.15, 0.2) is 5.51 Å². The molecule has 1 atom stereocenters. The summed E-state index contributed by atoms with van der Waals surface area (Å²) >= 11 is 1.64. The Morgan fingerprint density at radius 2 is 2.20 bits per heavy atom. The number of hydrogen-bond donors (Lipinski definition) is 0. The Hall–Kier alpha value is -0.385. The molecule has 1 unspecified atom stereocenters. The van der Waals surface area contributed by atoms with E-state index in [1.165, 1.54) is 4.88 Å². The fourth-order valence-corrected chi connectivity index (χ4v) is 2.01. The number of thiazole rings is 1. The maximum atomic E-state index is 5.61. The summed E-state index contributed by atoms with van der Waals surface area (Å²) in [7, 11) is 0. The van der Waals surface area contributed by atoms with Crippen molar-refractivity contribution in [2.45, 2.75) is 26.9 Å². The van der Waals surface area contributed by atoms with Crippen LogP contribution in [0.25, 0.3) is 0 Å². The zero-order valence-corrected chi connectivity index (χ0v) is 9.76. The van der Waals surface area contributed by atoms with Crippen molar-refractivity contribution in [2.24, 2.45) is 0 Å². The van der Waals surface area contributed by atoms with Gasteiger partial charge < -0.3 is 9.47 Å². The van der Waals surface area contributed by atoms with Crippen molar-refractivity contribution in [1.29, 1.82) is 0 Å². The molecule has 0 amide bonds. The van der Waals surface area contributed by atoms with E-state index < -0.39 is 0 Å². The first-order valence-electron chi connectivity index (χ1n) is 4.85. The van der Waals surface area contributed by atoms with Gasteiger partial charge >= 0.3 is 0 Å². The molecule has 0 radical (unpaired) electrons. The van der Waals surface area contributed by atoms with Crippen LogP contribution >= 0.6 is 11.3 Å². The molecule has 1 aromatic rings. The van der Waals surface area contributed by atoms with Crippen molar-refractivity contribution in [1.82, 2.24) is 4.98 Å². The second kappa shape index (κ2) is 7.85. The van der Waals surface area contributed by atoms with E-state index in [2.05, 4.69) is 4.98 Å². The molecule has 3 nitrogen and oxygen atoms in total. The summed E-state index contributed by atoms with van der Waals surface area (Å²) in [5, 5.41) is 0. The minimum Gasteiger partial charge on any atom is -0.379 e. The maximum absolute atomic E-state index is 5.61. The van der Waals surface area contributed by atoms with E-state index in [1.807, 2.05) is 26.3 Å². The number of ether oxygens (including phenoxy) is 2. The molecule has 1 heterocycles. The maximum Gasteiger partial charge on any atom is 0.0908 e. The lowest BCUT2D eigenvalue weighted by Crippen LogP contribution is -2.07. The van der Waals surface area contributed by atoms with Gasteiger partial charge in [0.05, 0.1) is 43.8 Å². The highest BCUT2D eigenvalue weighted by atomic mass is 32.1. The number of aryl methyl sites for hydroxylation is 1.